The second kappa shape index (κ2) is 3.59. The highest BCUT2D eigenvalue weighted by molar-refractivity contribution is 5.60. The Morgan fingerprint density at radius 3 is 1.67 bits per heavy atom. The van der Waals surface area contributed by atoms with Gasteiger partial charge in [-0.2, -0.15) is 0 Å². The predicted octanol–water partition coefficient (Wildman–Crippen LogP) is 3.28. The third kappa shape index (κ3) is 2.62. The summed E-state index contributed by atoms with van der Waals surface area (Å²) in [6, 6.07) is 0. The summed E-state index contributed by atoms with van der Waals surface area (Å²) >= 11 is 0. The lowest BCUT2D eigenvalue weighted by Gasteiger charge is -2.38. The highest BCUT2D eigenvalue weighted by Gasteiger charge is 2.37. The molecule has 1 heteroatoms. The van der Waals surface area contributed by atoms with Crippen molar-refractivity contribution in [3.05, 3.63) is 0 Å². The quantitative estimate of drug-likeness (QED) is 0.594. The first-order valence-electron chi connectivity index (χ1n) is 4.69. The first kappa shape index (κ1) is 11.7. The van der Waals surface area contributed by atoms with Crippen molar-refractivity contribution >= 4 is 6.29 Å². The molecule has 0 heterocycles. The fourth-order valence-electron chi connectivity index (χ4n) is 1.38. The minimum Gasteiger partial charge on any atom is -0.303 e. The molecular weight excluding hydrogens is 148 g/mol. The summed E-state index contributed by atoms with van der Waals surface area (Å²) in [5.41, 5.74) is -0.111. The number of hydrogen-bond acceptors (Lipinski definition) is 1. The topological polar surface area (TPSA) is 17.1 Å². The van der Waals surface area contributed by atoms with Gasteiger partial charge in [-0.3, -0.25) is 0 Å². The molecule has 0 aromatic carbocycles. The molecule has 1 unspecified atom stereocenters. The van der Waals surface area contributed by atoms with E-state index in [-0.39, 0.29) is 10.8 Å². The summed E-state index contributed by atoms with van der Waals surface area (Å²) in [7, 11) is 0. The van der Waals surface area contributed by atoms with E-state index in [0.717, 1.165) is 12.7 Å². The molecule has 0 rings (SSSR count). The highest BCUT2D eigenvalue weighted by Crippen LogP contribution is 2.41. The first-order valence-corrected chi connectivity index (χ1v) is 4.69. The molecule has 1 atom stereocenters. The maximum atomic E-state index is 11.0. The molecule has 0 aliphatic rings. The molecule has 0 aromatic heterocycles. The summed E-state index contributed by atoms with van der Waals surface area (Å²) in [5.74, 6) is 0.583. The molecule has 72 valence electrons. The minimum atomic E-state index is -0.179. The van der Waals surface area contributed by atoms with Crippen LogP contribution in [0.1, 0.15) is 48.0 Å². The molecule has 1 nitrogen and oxygen atoms in total. The van der Waals surface area contributed by atoms with Gasteiger partial charge in [-0.25, -0.2) is 0 Å². The van der Waals surface area contributed by atoms with Crippen LogP contribution in [0.25, 0.3) is 0 Å². The van der Waals surface area contributed by atoms with Crippen molar-refractivity contribution in [2.75, 3.05) is 0 Å². The van der Waals surface area contributed by atoms with Gasteiger partial charge in [0.25, 0.3) is 0 Å². The van der Waals surface area contributed by atoms with Crippen LogP contribution in [0.4, 0.5) is 0 Å². The van der Waals surface area contributed by atoms with Gasteiger partial charge in [0.05, 0.1) is 0 Å². The molecule has 0 bridgehead atoms. The monoisotopic (exact) mass is 170 g/mol. The van der Waals surface area contributed by atoms with E-state index in [0.29, 0.717) is 5.92 Å². The standard InChI is InChI=1S/C11H22O/c1-9(2)7-11(6,8-12)10(3,4)5/h8-9H,7H2,1-6H3. The molecule has 0 aliphatic carbocycles. The van der Waals surface area contributed by atoms with Crippen LogP contribution in [0, 0.1) is 16.7 Å². The Bertz CT molecular complexity index is 153. The van der Waals surface area contributed by atoms with Crippen LogP contribution in [0.2, 0.25) is 0 Å². The maximum absolute atomic E-state index is 11.0. The Morgan fingerprint density at radius 2 is 1.58 bits per heavy atom. The molecular formula is C11H22O. The molecule has 0 spiro atoms. The summed E-state index contributed by atoms with van der Waals surface area (Å²) in [5, 5.41) is 0. The molecule has 0 aliphatic heterocycles. The lowest BCUT2D eigenvalue weighted by Crippen LogP contribution is -2.35. The molecule has 0 radical (unpaired) electrons. The molecule has 0 fully saturated rings. The van der Waals surface area contributed by atoms with E-state index in [9.17, 15) is 4.79 Å². The average Bonchev–Trinajstić information content (AvgIpc) is 1.83. The van der Waals surface area contributed by atoms with Gasteiger partial charge >= 0.3 is 0 Å². The van der Waals surface area contributed by atoms with Crippen LogP contribution in [-0.4, -0.2) is 6.29 Å². The second-order valence-corrected chi connectivity index (χ2v) is 5.38. The van der Waals surface area contributed by atoms with Crippen molar-refractivity contribution in [1.82, 2.24) is 0 Å². The maximum Gasteiger partial charge on any atom is 0.126 e. The van der Waals surface area contributed by atoms with Crippen molar-refractivity contribution < 1.29 is 4.79 Å². The molecule has 0 saturated carbocycles. The van der Waals surface area contributed by atoms with Crippen molar-refractivity contribution in [2.45, 2.75) is 48.0 Å². The van der Waals surface area contributed by atoms with E-state index < -0.39 is 0 Å². The van der Waals surface area contributed by atoms with E-state index >= 15 is 0 Å². The molecule has 12 heavy (non-hydrogen) atoms. The fraction of sp³-hybridized carbons (Fsp3) is 0.909. The fourth-order valence-corrected chi connectivity index (χ4v) is 1.38. The van der Waals surface area contributed by atoms with E-state index in [1.54, 1.807) is 0 Å². The molecule has 0 N–H and O–H groups in total. The Balaban J connectivity index is 4.57. The van der Waals surface area contributed by atoms with Gasteiger partial charge in [0.1, 0.15) is 6.29 Å². The van der Waals surface area contributed by atoms with Crippen LogP contribution >= 0.6 is 0 Å². The number of rotatable bonds is 3. The van der Waals surface area contributed by atoms with E-state index in [4.69, 9.17) is 0 Å². The van der Waals surface area contributed by atoms with Crippen LogP contribution < -0.4 is 0 Å². The van der Waals surface area contributed by atoms with Crippen LogP contribution in [-0.2, 0) is 4.79 Å². The number of carbonyl (C=O) groups excluding carboxylic acids is 1. The summed E-state index contributed by atoms with van der Waals surface area (Å²) < 4.78 is 0. The first-order chi connectivity index (χ1) is 5.23. The predicted molar refractivity (Wildman–Crippen MR) is 53.1 cm³/mol. The van der Waals surface area contributed by atoms with Crippen LogP contribution in [0.5, 0.6) is 0 Å². The Kier molecular flexibility index (Phi) is 3.49. The Labute approximate surface area is 76.6 Å². The van der Waals surface area contributed by atoms with Gasteiger partial charge in [-0.15, -0.1) is 0 Å². The summed E-state index contributed by atoms with van der Waals surface area (Å²) in [6.07, 6.45) is 2.09. The van der Waals surface area contributed by atoms with E-state index in [1.807, 2.05) is 0 Å². The Hall–Kier alpha value is -0.330. The normalized spacial score (nSPS) is 17.6. The van der Waals surface area contributed by atoms with Crippen LogP contribution in [0.3, 0.4) is 0 Å². The lowest BCUT2D eigenvalue weighted by atomic mass is 9.65. The lowest BCUT2D eigenvalue weighted by molar-refractivity contribution is -0.121. The SMILES string of the molecule is CC(C)CC(C)(C=O)C(C)(C)C. The second-order valence-electron chi connectivity index (χ2n) is 5.38. The average molecular weight is 170 g/mol. The Morgan fingerprint density at radius 1 is 1.17 bits per heavy atom. The van der Waals surface area contributed by atoms with Gasteiger partial charge in [0.15, 0.2) is 0 Å². The number of aldehydes is 1. The van der Waals surface area contributed by atoms with Gasteiger partial charge in [0, 0.05) is 5.41 Å². The van der Waals surface area contributed by atoms with E-state index in [2.05, 4.69) is 41.5 Å². The largest absolute Gasteiger partial charge is 0.303 e. The number of hydrogen-bond donors (Lipinski definition) is 0. The molecule has 0 amide bonds. The van der Waals surface area contributed by atoms with Crippen molar-refractivity contribution in [2.24, 2.45) is 16.7 Å². The third-order valence-corrected chi connectivity index (χ3v) is 2.81. The van der Waals surface area contributed by atoms with Gasteiger partial charge in [-0.05, 0) is 17.8 Å². The van der Waals surface area contributed by atoms with Gasteiger partial charge < -0.3 is 4.79 Å². The van der Waals surface area contributed by atoms with Crippen molar-refractivity contribution in [3.8, 4) is 0 Å². The van der Waals surface area contributed by atoms with Gasteiger partial charge in [-0.1, -0.05) is 41.5 Å². The summed E-state index contributed by atoms with van der Waals surface area (Å²) in [4.78, 5) is 11.0. The zero-order chi connectivity index (χ0) is 9.99. The summed E-state index contributed by atoms with van der Waals surface area (Å²) in [6.45, 7) is 12.8. The van der Waals surface area contributed by atoms with Crippen molar-refractivity contribution in [3.63, 3.8) is 0 Å². The van der Waals surface area contributed by atoms with Crippen LogP contribution in [0.15, 0.2) is 0 Å². The minimum absolute atomic E-state index is 0.0685. The zero-order valence-corrected chi connectivity index (χ0v) is 9.27. The zero-order valence-electron chi connectivity index (χ0n) is 9.27. The molecule has 0 saturated heterocycles. The third-order valence-electron chi connectivity index (χ3n) is 2.81. The van der Waals surface area contributed by atoms with Crippen molar-refractivity contribution in [1.29, 1.82) is 0 Å². The number of carbonyl (C=O) groups is 1. The van der Waals surface area contributed by atoms with Gasteiger partial charge in [0.2, 0.25) is 0 Å². The smallest absolute Gasteiger partial charge is 0.126 e. The molecule has 0 aromatic rings. The highest BCUT2D eigenvalue weighted by atomic mass is 16.1. The van der Waals surface area contributed by atoms with E-state index in [1.165, 1.54) is 0 Å².